The number of aromatic nitrogens is 1. The van der Waals surface area contributed by atoms with Crippen LogP contribution in [0.4, 0.5) is 20.3 Å². The van der Waals surface area contributed by atoms with Crippen molar-refractivity contribution < 1.29 is 18.3 Å². The van der Waals surface area contributed by atoms with Crippen molar-refractivity contribution in [2.45, 2.75) is 25.7 Å². The van der Waals surface area contributed by atoms with Gasteiger partial charge in [-0.3, -0.25) is 9.69 Å². The molecule has 0 aliphatic carbocycles. The first-order chi connectivity index (χ1) is 16.6. The highest BCUT2D eigenvalue weighted by Crippen LogP contribution is 2.30. The molecule has 8 heteroatoms. The van der Waals surface area contributed by atoms with Crippen LogP contribution in [-0.4, -0.2) is 55.1 Å². The predicted molar refractivity (Wildman–Crippen MR) is 128 cm³/mol. The number of anilines is 2. The number of hydrogen-bond donors (Lipinski definition) is 1. The average molecular weight is 467 g/mol. The SMILES string of the molecule is O=C1CCc2cc(F)c(OCCCCN3CCN(c4cccc5cccc(F)c45)CC3)nc2N1. The lowest BCUT2D eigenvalue weighted by Gasteiger charge is -2.36. The Morgan fingerprint density at radius 1 is 0.971 bits per heavy atom. The summed E-state index contributed by atoms with van der Waals surface area (Å²) in [5, 5.41) is 4.29. The van der Waals surface area contributed by atoms with Gasteiger partial charge < -0.3 is 15.0 Å². The molecule has 178 valence electrons. The standard InChI is InChI=1S/C26H28F2N4O2/c27-20-7-3-5-18-6-4-8-22(24(18)20)32-14-12-31(13-15-32)11-1-2-16-34-26-21(28)17-19-9-10-23(33)29-25(19)30-26/h3-8,17H,1-2,9-16H2,(H,29,30,33). The summed E-state index contributed by atoms with van der Waals surface area (Å²) < 4.78 is 34.3. The van der Waals surface area contributed by atoms with Gasteiger partial charge in [0.25, 0.3) is 5.88 Å². The third kappa shape index (κ3) is 4.82. The zero-order chi connectivity index (χ0) is 23.5. The second kappa shape index (κ2) is 9.93. The van der Waals surface area contributed by atoms with Gasteiger partial charge in [0.2, 0.25) is 5.91 Å². The fraction of sp³-hybridized carbons (Fsp3) is 0.385. The topological polar surface area (TPSA) is 57.7 Å². The van der Waals surface area contributed by atoms with E-state index in [0.717, 1.165) is 56.6 Å². The lowest BCUT2D eigenvalue weighted by Crippen LogP contribution is -2.46. The van der Waals surface area contributed by atoms with Gasteiger partial charge in [-0.15, -0.1) is 0 Å². The summed E-state index contributed by atoms with van der Waals surface area (Å²) in [7, 11) is 0. The average Bonchev–Trinajstić information content (AvgIpc) is 2.84. The molecule has 0 unspecified atom stereocenters. The third-order valence-corrected chi connectivity index (χ3v) is 6.55. The van der Waals surface area contributed by atoms with E-state index >= 15 is 0 Å². The molecule has 0 radical (unpaired) electrons. The Balaban J connectivity index is 1.08. The number of piperazine rings is 1. The highest BCUT2D eigenvalue weighted by Gasteiger charge is 2.21. The van der Waals surface area contributed by atoms with Crippen LogP contribution >= 0.6 is 0 Å². The molecular formula is C26H28F2N4O2. The first kappa shape index (κ1) is 22.5. The number of nitrogens with zero attached hydrogens (tertiary/aromatic N) is 3. The van der Waals surface area contributed by atoms with Crippen LogP contribution in [0.3, 0.4) is 0 Å². The van der Waals surface area contributed by atoms with Crippen molar-refractivity contribution in [3.63, 3.8) is 0 Å². The minimum absolute atomic E-state index is 0.0584. The van der Waals surface area contributed by atoms with Gasteiger partial charge in [0, 0.05) is 43.7 Å². The smallest absolute Gasteiger partial charge is 0.252 e. The van der Waals surface area contributed by atoms with Gasteiger partial charge in [-0.2, -0.15) is 4.98 Å². The van der Waals surface area contributed by atoms with E-state index in [-0.39, 0.29) is 17.6 Å². The number of pyridine rings is 1. The van der Waals surface area contributed by atoms with Gasteiger partial charge in [-0.1, -0.05) is 24.3 Å². The Hall–Kier alpha value is -3.26. The summed E-state index contributed by atoms with van der Waals surface area (Å²) in [6.07, 6.45) is 2.54. The fourth-order valence-electron chi connectivity index (χ4n) is 4.71. The molecule has 1 saturated heterocycles. The number of ether oxygens (including phenoxy) is 1. The summed E-state index contributed by atoms with van der Waals surface area (Å²) in [6, 6.07) is 12.5. The predicted octanol–water partition coefficient (Wildman–Crippen LogP) is 4.38. The number of fused-ring (bicyclic) bond motifs is 2. The number of amides is 1. The largest absolute Gasteiger partial charge is 0.476 e. The molecule has 1 amide bonds. The zero-order valence-corrected chi connectivity index (χ0v) is 19.0. The zero-order valence-electron chi connectivity index (χ0n) is 19.0. The van der Waals surface area contributed by atoms with Crippen molar-refractivity contribution in [1.29, 1.82) is 0 Å². The third-order valence-electron chi connectivity index (χ3n) is 6.55. The van der Waals surface area contributed by atoms with Crippen LogP contribution in [0, 0.1) is 11.6 Å². The molecule has 5 rings (SSSR count). The van der Waals surface area contributed by atoms with Crippen LogP contribution in [0.25, 0.3) is 10.8 Å². The number of rotatable bonds is 7. The van der Waals surface area contributed by atoms with E-state index in [1.807, 2.05) is 24.3 Å². The lowest BCUT2D eigenvalue weighted by molar-refractivity contribution is -0.116. The van der Waals surface area contributed by atoms with E-state index in [2.05, 4.69) is 20.1 Å². The van der Waals surface area contributed by atoms with E-state index in [9.17, 15) is 13.6 Å². The molecule has 1 N–H and O–H groups in total. The second-order valence-corrected chi connectivity index (χ2v) is 8.83. The minimum atomic E-state index is -0.490. The van der Waals surface area contributed by atoms with Gasteiger partial charge in [-0.05, 0) is 55.0 Å². The Labute approximate surface area is 197 Å². The van der Waals surface area contributed by atoms with Gasteiger partial charge in [0.15, 0.2) is 5.82 Å². The molecule has 6 nitrogen and oxygen atoms in total. The number of unbranched alkanes of at least 4 members (excludes halogenated alkanes) is 1. The summed E-state index contributed by atoms with van der Waals surface area (Å²) in [6.45, 7) is 4.81. The molecule has 0 saturated carbocycles. The molecule has 2 aliphatic rings. The molecule has 34 heavy (non-hydrogen) atoms. The van der Waals surface area contributed by atoms with E-state index in [1.165, 1.54) is 12.1 Å². The highest BCUT2D eigenvalue weighted by atomic mass is 19.1. The van der Waals surface area contributed by atoms with E-state index in [4.69, 9.17) is 4.74 Å². The molecule has 2 aliphatic heterocycles. The van der Waals surface area contributed by atoms with Crippen LogP contribution in [-0.2, 0) is 11.2 Å². The van der Waals surface area contributed by atoms with Crippen LogP contribution in [0.2, 0.25) is 0 Å². The van der Waals surface area contributed by atoms with Crippen molar-refractivity contribution >= 4 is 28.2 Å². The van der Waals surface area contributed by atoms with E-state index < -0.39 is 5.82 Å². The van der Waals surface area contributed by atoms with Crippen LogP contribution in [0.1, 0.15) is 24.8 Å². The van der Waals surface area contributed by atoms with Crippen LogP contribution in [0.15, 0.2) is 42.5 Å². The number of aryl methyl sites for hydroxylation is 1. The monoisotopic (exact) mass is 466 g/mol. The number of carbonyl (C=O) groups is 1. The molecule has 1 aromatic heterocycles. The normalized spacial score (nSPS) is 16.4. The highest BCUT2D eigenvalue weighted by molar-refractivity contribution is 5.95. The van der Waals surface area contributed by atoms with E-state index in [0.29, 0.717) is 36.2 Å². The number of halogens is 2. The van der Waals surface area contributed by atoms with Gasteiger partial charge in [0.1, 0.15) is 11.6 Å². The maximum absolute atomic E-state index is 14.5. The number of hydrogen-bond acceptors (Lipinski definition) is 5. The maximum Gasteiger partial charge on any atom is 0.252 e. The van der Waals surface area contributed by atoms with Crippen molar-refractivity contribution in [3.8, 4) is 5.88 Å². The summed E-state index contributed by atoms with van der Waals surface area (Å²) in [4.78, 5) is 20.3. The summed E-state index contributed by atoms with van der Waals surface area (Å²) in [5.41, 5.74) is 1.66. The molecule has 2 aromatic carbocycles. The number of carbonyl (C=O) groups excluding carboxylic acids is 1. The second-order valence-electron chi connectivity index (χ2n) is 8.83. The Kier molecular flexibility index (Phi) is 6.58. The quantitative estimate of drug-likeness (QED) is 0.524. The van der Waals surface area contributed by atoms with Gasteiger partial charge >= 0.3 is 0 Å². The van der Waals surface area contributed by atoms with Crippen molar-refractivity contribution in [2.75, 3.05) is 49.5 Å². The molecule has 3 aromatic rings. The Bertz CT molecular complexity index is 1190. The van der Waals surface area contributed by atoms with Crippen molar-refractivity contribution in [3.05, 3.63) is 59.7 Å². The first-order valence-electron chi connectivity index (χ1n) is 11.8. The van der Waals surface area contributed by atoms with Gasteiger partial charge in [0.05, 0.1) is 6.61 Å². The maximum atomic E-state index is 14.5. The molecule has 3 heterocycles. The minimum Gasteiger partial charge on any atom is -0.476 e. The lowest BCUT2D eigenvalue weighted by atomic mass is 10.1. The van der Waals surface area contributed by atoms with E-state index in [1.54, 1.807) is 6.07 Å². The summed E-state index contributed by atoms with van der Waals surface area (Å²) in [5.74, 6) is -0.435. The Morgan fingerprint density at radius 2 is 1.76 bits per heavy atom. The first-order valence-corrected chi connectivity index (χ1v) is 11.8. The summed E-state index contributed by atoms with van der Waals surface area (Å²) >= 11 is 0. The van der Waals surface area contributed by atoms with Crippen molar-refractivity contribution in [1.82, 2.24) is 9.88 Å². The fourth-order valence-corrected chi connectivity index (χ4v) is 4.71. The number of nitrogens with one attached hydrogen (secondary N) is 1. The molecule has 1 fully saturated rings. The molecule has 0 atom stereocenters. The number of benzene rings is 2. The van der Waals surface area contributed by atoms with Crippen LogP contribution < -0.4 is 15.0 Å². The molecule has 0 bridgehead atoms. The van der Waals surface area contributed by atoms with Crippen LogP contribution in [0.5, 0.6) is 5.88 Å². The van der Waals surface area contributed by atoms with Gasteiger partial charge in [-0.25, -0.2) is 8.78 Å². The molecule has 0 spiro atoms. The van der Waals surface area contributed by atoms with Crippen molar-refractivity contribution in [2.24, 2.45) is 0 Å². The molecular weight excluding hydrogens is 438 g/mol. The Morgan fingerprint density at radius 3 is 2.59 bits per heavy atom.